The normalized spacial score (nSPS) is 11.5. The number of carbonyl (C=O) groups excluding carboxylic acids is 2. The minimum Gasteiger partial charge on any atom is -0.494 e. The molecule has 132 valence electrons. The number of nitrogens with one attached hydrogen (secondary N) is 2. The summed E-state index contributed by atoms with van der Waals surface area (Å²) in [6, 6.07) is 11.5. The number of carbonyl (C=O) groups is 2. The molecule has 0 bridgehead atoms. The lowest BCUT2D eigenvalue weighted by atomic mass is 10.2. The van der Waals surface area contributed by atoms with Crippen LogP contribution in [0.3, 0.4) is 0 Å². The van der Waals surface area contributed by atoms with Crippen molar-refractivity contribution in [2.45, 2.75) is 20.0 Å². The van der Waals surface area contributed by atoms with Gasteiger partial charge >= 0.3 is 0 Å². The Morgan fingerprint density at radius 2 is 1.88 bits per heavy atom. The SMILES string of the molecule is CCOc1ccc(NC(=O)C(C)O)c(NC(=O)c2ccccc2Cl)c1. The van der Waals surface area contributed by atoms with E-state index in [4.69, 9.17) is 16.3 Å². The second kappa shape index (κ2) is 8.50. The summed E-state index contributed by atoms with van der Waals surface area (Å²) in [6.45, 7) is 3.65. The lowest BCUT2D eigenvalue weighted by Gasteiger charge is -2.15. The number of anilines is 2. The van der Waals surface area contributed by atoms with Crippen LogP contribution in [0.1, 0.15) is 24.2 Å². The van der Waals surface area contributed by atoms with Gasteiger partial charge in [-0.05, 0) is 38.1 Å². The fourth-order valence-corrected chi connectivity index (χ4v) is 2.29. The van der Waals surface area contributed by atoms with Crippen molar-refractivity contribution in [3.05, 3.63) is 53.1 Å². The number of aliphatic hydroxyl groups is 1. The molecule has 0 radical (unpaired) electrons. The van der Waals surface area contributed by atoms with Gasteiger partial charge < -0.3 is 20.5 Å². The molecule has 0 aliphatic heterocycles. The van der Waals surface area contributed by atoms with Gasteiger partial charge in [-0.25, -0.2) is 0 Å². The Balaban J connectivity index is 2.32. The highest BCUT2D eigenvalue weighted by Crippen LogP contribution is 2.28. The van der Waals surface area contributed by atoms with Gasteiger partial charge in [-0.1, -0.05) is 23.7 Å². The van der Waals surface area contributed by atoms with E-state index in [2.05, 4.69) is 10.6 Å². The summed E-state index contributed by atoms with van der Waals surface area (Å²) < 4.78 is 5.43. The van der Waals surface area contributed by atoms with E-state index >= 15 is 0 Å². The first-order chi connectivity index (χ1) is 11.9. The van der Waals surface area contributed by atoms with Gasteiger partial charge in [0.25, 0.3) is 11.8 Å². The molecule has 2 rings (SSSR count). The molecular weight excluding hydrogens is 344 g/mol. The van der Waals surface area contributed by atoms with Gasteiger partial charge in [-0.2, -0.15) is 0 Å². The number of ether oxygens (including phenoxy) is 1. The third kappa shape index (κ3) is 4.95. The molecule has 0 aliphatic rings. The van der Waals surface area contributed by atoms with Crippen molar-refractivity contribution in [2.75, 3.05) is 17.2 Å². The highest BCUT2D eigenvalue weighted by atomic mass is 35.5. The molecular formula is C18H19ClN2O4. The summed E-state index contributed by atoms with van der Waals surface area (Å²) in [7, 11) is 0. The molecule has 0 fully saturated rings. The van der Waals surface area contributed by atoms with Crippen LogP contribution in [-0.4, -0.2) is 29.6 Å². The van der Waals surface area contributed by atoms with E-state index in [1.165, 1.54) is 6.92 Å². The Bertz CT molecular complexity index is 777. The first-order valence-corrected chi connectivity index (χ1v) is 8.11. The van der Waals surface area contributed by atoms with Gasteiger partial charge in [0.1, 0.15) is 11.9 Å². The first kappa shape index (κ1) is 18.8. The minimum atomic E-state index is -1.18. The van der Waals surface area contributed by atoms with E-state index in [0.29, 0.717) is 34.3 Å². The molecule has 0 heterocycles. The standard InChI is InChI=1S/C18H19ClN2O4/c1-3-25-12-8-9-15(20-17(23)11(2)22)16(10-12)21-18(24)13-6-4-5-7-14(13)19/h4-11,22H,3H2,1-2H3,(H,20,23)(H,21,24). The fraction of sp³-hybridized carbons (Fsp3) is 0.222. The summed E-state index contributed by atoms with van der Waals surface area (Å²) in [5.41, 5.74) is 0.985. The smallest absolute Gasteiger partial charge is 0.257 e. The van der Waals surface area contributed by atoms with Gasteiger partial charge in [0, 0.05) is 6.07 Å². The van der Waals surface area contributed by atoms with E-state index in [9.17, 15) is 14.7 Å². The summed E-state index contributed by atoms with van der Waals surface area (Å²) in [5.74, 6) is -0.476. The second-order valence-corrected chi connectivity index (χ2v) is 5.65. The van der Waals surface area contributed by atoms with Crippen molar-refractivity contribution in [1.29, 1.82) is 0 Å². The molecule has 0 saturated heterocycles. The van der Waals surface area contributed by atoms with Crippen LogP contribution in [0.2, 0.25) is 5.02 Å². The zero-order valence-corrected chi connectivity index (χ0v) is 14.6. The molecule has 6 nitrogen and oxygen atoms in total. The number of hydrogen-bond donors (Lipinski definition) is 3. The van der Waals surface area contributed by atoms with Gasteiger partial charge in [0.15, 0.2) is 0 Å². The predicted octanol–water partition coefficient (Wildman–Crippen LogP) is 3.31. The highest BCUT2D eigenvalue weighted by molar-refractivity contribution is 6.34. The van der Waals surface area contributed by atoms with Crippen molar-refractivity contribution in [1.82, 2.24) is 0 Å². The van der Waals surface area contributed by atoms with Gasteiger partial charge in [0.05, 0.1) is 28.6 Å². The van der Waals surface area contributed by atoms with E-state index in [1.807, 2.05) is 6.92 Å². The molecule has 1 atom stereocenters. The lowest BCUT2D eigenvalue weighted by Crippen LogP contribution is -2.25. The van der Waals surface area contributed by atoms with Crippen molar-refractivity contribution in [3.8, 4) is 5.75 Å². The molecule has 0 spiro atoms. The van der Waals surface area contributed by atoms with E-state index < -0.39 is 17.9 Å². The molecule has 2 amide bonds. The second-order valence-electron chi connectivity index (χ2n) is 5.24. The van der Waals surface area contributed by atoms with E-state index in [0.717, 1.165) is 0 Å². The van der Waals surface area contributed by atoms with Crippen LogP contribution in [-0.2, 0) is 4.79 Å². The Kier molecular flexibility index (Phi) is 6.38. The Morgan fingerprint density at radius 3 is 2.52 bits per heavy atom. The Morgan fingerprint density at radius 1 is 1.16 bits per heavy atom. The van der Waals surface area contributed by atoms with Gasteiger partial charge in [0.2, 0.25) is 0 Å². The molecule has 0 aromatic heterocycles. The number of rotatable bonds is 6. The maximum atomic E-state index is 12.5. The fourth-order valence-electron chi connectivity index (χ4n) is 2.06. The van der Waals surface area contributed by atoms with Crippen molar-refractivity contribution < 1.29 is 19.4 Å². The topological polar surface area (TPSA) is 87.7 Å². The molecule has 0 saturated carbocycles. The van der Waals surface area contributed by atoms with Crippen LogP contribution in [0, 0.1) is 0 Å². The van der Waals surface area contributed by atoms with Crippen LogP contribution in [0.25, 0.3) is 0 Å². The average molecular weight is 363 g/mol. The number of amides is 2. The molecule has 0 aliphatic carbocycles. The maximum absolute atomic E-state index is 12.5. The maximum Gasteiger partial charge on any atom is 0.257 e. The van der Waals surface area contributed by atoms with Crippen LogP contribution in [0.4, 0.5) is 11.4 Å². The van der Waals surface area contributed by atoms with Crippen LogP contribution < -0.4 is 15.4 Å². The molecule has 2 aromatic rings. The summed E-state index contributed by atoms with van der Waals surface area (Å²) >= 11 is 6.04. The largest absolute Gasteiger partial charge is 0.494 e. The molecule has 7 heteroatoms. The van der Waals surface area contributed by atoms with Crippen molar-refractivity contribution in [3.63, 3.8) is 0 Å². The zero-order chi connectivity index (χ0) is 18.4. The molecule has 1 unspecified atom stereocenters. The first-order valence-electron chi connectivity index (χ1n) is 7.74. The van der Waals surface area contributed by atoms with Gasteiger partial charge in [-0.15, -0.1) is 0 Å². The lowest BCUT2D eigenvalue weighted by molar-refractivity contribution is -0.123. The van der Waals surface area contributed by atoms with Crippen molar-refractivity contribution in [2.24, 2.45) is 0 Å². The van der Waals surface area contributed by atoms with Crippen molar-refractivity contribution >= 4 is 34.8 Å². The number of halogens is 1. The molecule has 3 N–H and O–H groups in total. The third-order valence-electron chi connectivity index (χ3n) is 3.31. The number of hydrogen-bond acceptors (Lipinski definition) is 4. The summed E-state index contributed by atoms with van der Waals surface area (Å²) in [5, 5.41) is 15.0. The third-order valence-corrected chi connectivity index (χ3v) is 3.64. The Hall–Kier alpha value is -2.57. The minimum absolute atomic E-state index is 0.304. The number of benzene rings is 2. The van der Waals surface area contributed by atoms with Crippen LogP contribution in [0.5, 0.6) is 5.75 Å². The van der Waals surface area contributed by atoms with Crippen LogP contribution in [0.15, 0.2) is 42.5 Å². The quantitative estimate of drug-likeness (QED) is 0.735. The Labute approximate surface area is 150 Å². The van der Waals surface area contributed by atoms with E-state index in [-0.39, 0.29) is 0 Å². The highest BCUT2D eigenvalue weighted by Gasteiger charge is 2.16. The zero-order valence-electron chi connectivity index (χ0n) is 13.9. The summed E-state index contributed by atoms with van der Waals surface area (Å²) in [4.78, 5) is 24.2. The monoisotopic (exact) mass is 362 g/mol. The summed E-state index contributed by atoms with van der Waals surface area (Å²) in [6.07, 6.45) is -1.18. The molecule has 2 aromatic carbocycles. The van der Waals surface area contributed by atoms with Gasteiger partial charge in [-0.3, -0.25) is 9.59 Å². The predicted molar refractivity (Wildman–Crippen MR) is 97.3 cm³/mol. The number of aliphatic hydroxyl groups excluding tert-OH is 1. The van der Waals surface area contributed by atoms with Crippen LogP contribution >= 0.6 is 11.6 Å². The average Bonchev–Trinajstić information content (AvgIpc) is 2.57. The van der Waals surface area contributed by atoms with E-state index in [1.54, 1.807) is 42.5 Å². The molecule has 25 heavy (non-hydrogen) atoms.